The lowest BCUT2D eigenvalue weighted by Gasteiger charge is -2.38. The second-order valence-electron chi connectivity index (χ2n) is 6.36. The van der Waals surface area contributed by atoms with Crippen molar-refractivity contribution >= 4 is 25.4 Å². The highest BCUT2D eigenvalue weighted by Gasteiger charge is 2.40. The topological polar surface area (TPSA) is 27.7 Å². The maximum Gasteiger partial charge on any atom is 0.322 e. The predicted molar refractivity (Wildman–Crippen MR) is 86.0 cm³/mol. The van der Waals surface area contributed by atoms with E-state index in [4.69, 9.17) is 12.7 Å². The van der Waals surface area contributed by atoms with Crippen LogP contribution in [0.4, 0.5) is 0 Å². The van der Waals surface area contributed by atoms with Gasteiger partial charge in [0.25, 0.3) is 0 Å². The first kappa shape index (κ1) is 18.5. The zero-order chi connectivity index (χ0) is 14.4. The zero-order valence-electron chi connectivity index (χ0n) is 13.6. The third-order valence-corrected chi connectivity index (χ3v) is 13.2. The van der Waals surface area contributed by atoms with Crippen molar-refractivity contribution in [3.8, 4) is 0 Å². The van der Waals surface area contributed by atoms with Gasteiger partial charge in [0, 0.05) is 6.61 Å². The van der Waals surface area contributed by atoms with E-state index in [1.54, 1.807) is 0 Å². The number of hydrogen-bond acceptors (Lipinski definition) is 3. The quantitative estimate of drug-likeness (QED) is 0.588. The smallest absolute Gasteiger partial charge is 0.322 e. The SMILES string of the molecule is CCCO[Si](C)(C)O[Si](C)(C)O[Si](C)(C)CCC. The molecule has 0 saturated heterocycles. The monoisotopic (exact) mass is 308 g/mol. The first-order valence-electron chi connectivity index (χ1n) is 7.08. The second-order valence-corrected chi connectivity index (χ2v) is 17.9. The molecule has 0 aliphatic rings. The van der Waals surface area contributed by atoms with Gasteiger partial charge in [-0.25, -0.2) is 0 Å². The normalized spacial score (nSPS) is 14.0. The lowest BCUT2D eigenvalue weighted by atomic mass is 10.5. The molecular formula is C12H32O3Si3. The van der Waals surface area contributed by atoms with Crippen LogP contribution in [0, 0.1) is 0 Å². The van der Waals surface area contributed by atoms with Gasteiger partial charge in [0.2, 0.25) is 0 Å². The van der Waals surface area contributed by atoms with Gasteiger partial charge in [-0.05, 0) is 51.7 Å². The van der Waals surface area contributed by atoms with E-state index < -0.39 is 25.4 Å². The molecule has 0 aliphatic heterocycles. The maximum absolute atomic E-state index is 6.39. The van der Waals surface area contributed by atoms with Crippen LogP contribution in [0.2, 0.25) is 45.3 Å². The lowest BCUT2D eigenvalue weighted by Crippen LogP contribution is -2.53. The van der Waals surface area contributed by atoms with E-state index in [2.05, 4.69) is 53.1 Å². The molecule has 0 aromatic heterocycles. The van der Waals surface area contributed by atoms with Crippen LogP contribution in [0.15, 0.2) is 0 Å². The molecule has 18 heavy (non-hydrogen) atoms. The molecule has 0 unspecified atom stereocenters. The maximum atomic E-state index is 6.39. The summed E-state index contributed by atoms with van der Waals surface area (Å²) < 4.78 is 18.5. The summed E-state index contributed by atoms with van der Waals surface area (Å²) in [7, 11) is -5.65. The summed E-state index contributed by atoms with van der Waals surface area (Å²) in [4.78, 5) is 0. The Labute approximate surface area is 117 Å². The first-order chi connectivity index (χ1) is 8.04. The predicted octanol–water partition coefficient (Wildman–Crippen LogP) is 4.46. The average molecular weight is 309 g/mol. The largest absolute Gasteiger partial charge is 0.436 e. The number of rotatable bonds is 9. The van der Waals surface area contributed by atoms with Crippen LogP contribution in [0.25, 0.3) is 0 Å². The third kappa shape index (κ3) is 8.60. The third-order valence-electron chi connectivity index (χ3n) is 2.52. The van der Waals surface area contributed by atoms with Crippen LogP contribution < -0.4 is 0 Å². The van der Waals surface area contributed by atoms with Gasteiger partial charge in [-0.15, -0.1) is 0 Å². The van der Waals surface area contributed by atoms with E-state index in [1.165, 1.54) is 12.5 Å². The number of hydrogen-bond donors (Lipinski definition) is 0. The van der Waals surface area contributed by atoms with Gasteiger partial charge < -0.3 is 12.7 Å². The fourth-order valence-electron chi connectivity index (χ4n) is 2.31. The van der Waals surface area contributed by atoms with Crippen molar-refractivity contribution < 1.29 is 12.7 Å². The Morgan fingerprint density at radius 2 is 1.28 bits per heavy atom. The van der Waals surface area contributed by atoms with E-state index in [9.17, 15) is 0 Å². The van der Waals surface area contributed by atoms with Crippen LogP contribution in [-0.2, 0) is 12.7 Å². The molecule has 3 nitrogen and oxygen atoms in total. The molecule has 0 radical (unpaired) electrons. The Morgan fingerprint density at radius 3 is 1.72 bits per heavy atom. The van der Waals surface area contributed by atoms with Gasteiger partial charge in [0.15, 0.2) is 8.32 Å². The summed E-state index contributed by atoms with van der Waals surface area (Å²) >= 11 is 0. The Kier molecular flexibility index (Phi) is 7.57. The Hall–Kier alpha value is 0.531. The van der Waals surface area contributed by atoms with Gasteiger partial charge in [-0.3, -0.25) is 0 Å². The van der Waals surface area contributed by atoms with Gasteiger partial charge in [0.1, 0.15) is 0 Å². The Bertz CT molecular complexity index is 243. The molecule has 0 atom stereocenters. The van der Waals surface area contributed by atoms with Crippen molar-refractivity contribution in [3.05, 3.63) is 0 Å². The van der Waals surface area contributed by atoms with E-state index in [-0.39, 0.29) is 0 Å². The Morgan fingerprint density at radius 1 is 0.722 bits per heavy atom. The van der Waals surface area contributed by atoms with E-state index in [1.807, 2.05) is 0 Å². The molecular weight excluding hydrogens is 276 g/mol. The van der Waals surface area contributed by atoms with Crippen LogP contribution >= 0.6 is 0 Å². The summed E-state index contributed by atoms with van der Waals surface area (Å²) in [6, 6.07) is 1.20. The Balaban J connectivity index is 4.45. The molecule has 0 N–H and O–H groups in total. The summed E-state index contributed by atoms with van der Waals surface area (Å²) in [6.45, 7) is 18.3. The van der Waals surface area contributed by atoms with Crippen molar-refractivity contribution in [1.82, 2.24) is 0 Å². The molecule has 0 aromatic carbocycles. The second kappa shape index (κ2) is 7.35. The fourth-order valence-corrected chi connectivity index (χ4v) is 15.5. The van der Waals surface area contributed by atoms with E-state index >= 15 is 0 Å². The van der Waals surface area contributed by atoms with Crippen LogP contribution in [0.5, 0.6) is 0 Å². The summed E-state index contributed by atoms with van der Waals surface area (Å²) in [5, 5.41) is 0. The molecule has 0 rings (SSSR count). The van der Waals surface area contributed by atoms with E-state index in [0.29, 0.717) is 0 Å². The minimum Gasteiger partial charge on any atom is -0.436 e. The van der Waals surface area contributed by atoms with Gasteiger partial charge in [-0.1, -0.05) is 20.3 Å². The minimum absolute atomic E-state index is 0.791. The average Bonchev–Trinajstić information content (AvgIpc) is 2.10. The summed E-state index contributed by atoms with van der Waals surface area (Å²) in [6.07, 6.45) is 2.23. The molecule has 0 spiro atoms. The van der Waals surface area contributed by atoms with Crippen molar-refractivity contribution in [1.29, 1.82) is 0 Å². The van der Waals surface area contributed by atoms with Crippen molar-refractivity contribution in [2.24, 2.45) is 0 Å². The summed E-state index contributed by atoms with van der Waals surface area (Å²) in [5.41, 5.74) is 0. The molecule has 6 heteroatoms. The van der Waals surface area contributed by atoms with Gasteiger partial charge in [0.05, 0.1) is 0 Å². The van der Waals surface area contributed by atoms with Crippen molar-refractivity contribution in [2.75, 3.05) is 6.61 Å². The highest BCUT2D eigenvalue weighted by Crippen LogP contribution is 2.24. The first-order valence-corrected chi connectivity index (χ1v) is 15.8. The standard InChI is InChI=1S/C12H32O3Si3/c1-9-11-13-17(5,6)15-18(7,8)14-16(3,4)12-10-2/h9-12H2,1-8H3. The minimum atomic E-state index is -2.06. The lowest BCUT2D eigenvalue weighted by molar-refractivity contribution is 0.230. The summed E-state index contributed by atoms with van der Waals surface area (Å²) in [5.74, 6) is 0. The highest BCUT2D eigenvalue weighted by molar-refractivity contribution is 6.86. The molecule has 0 amide bonds. The molecule has 0 aliphatic carbocycles. The van der Waals surface area contributed by atoms with Crippen LogP contribution in [0.3, 0.4) is 0 Å². The van der Waals surface area contributed by atoms with E-state index in [0.717, 1.165) is 13.0 Å². The molecule has 110 valence electrons. The highest BCUT2D eigenvalue weighted by atomic mass is 28.5. The van der Waals surface area contributed by atoms with Crippen molar-refractivity contribution in [3.63, 3.8) is 0 Å². The van der Waals surface area contributed by atoms with Gasteiger partial charge in [-0.2, -0.15) is 0 Å². The zero-order valence-corrected chi connectivity index (χ0v) is 16.6. The van der Waals surface area contributed by atoms with Crippen LogP contribution in [0.1, 0.15) is 26.7 Å². The fraction of sp³-hybridized carbons (Fsp3) is 1.00. The van der Waals surface area contributed by atoms with Crippen molar-refractivity contribution in [2.45, 2.75) is 72.0 Å². The molecule has 0 aromatic rings. The molecule has 0 fully saturated rings. The molecule has 0 bridgehead atoms. The molecule has 0 heterocycles. The molecule has 0 saturated carbocycles. The van der Waals surface area contributed by atoms with Crippen LogP contribution in [-0.4, -0.2) is 32.0 Å². The van der Waals surface area contributed by atoms with Gasteiger partial charge >= 0.3 is 17.1 Å².